The third kappa shape index (κ3) is 5.96. The Hall–Kier alpha value is -4.46. The third-order valence-electron chi connectivity index (χ3n) is 5.85. The Balaban J connectivity index is 1.20. The number of benzene rings is 2. The molecule has 1 saturated carbocycles. The molecular weight excluding hydrogens is 454 g/mol. The lowest BCUT2D eigenvalue weighted by Gasteiger charge is -2.08. The molecule has 0 bridgehead atoms. The zero-order chi connectivity index (χ0) is 24.7. The first-order valence-corrected chi connectivity index (χ1v) is 12.0. The lowest BCUT2D eigenvalue weighted by atomic mass is 10.1. The van der Waals surface area contributed by atoms with Gasteiger partial charge < -0.3 is 15.4 Å². The van der Waals surface area contributed by atoms with E-state index >= 15 is 0 Å². The van der Waals surface area contributed by atoms with Gasteiger partial charge in [0, 0.05) is 36.7 Å². The molecule has 1 aliphatic carbocycles. The van der Waals surface area contributed by atoms with E-state index in [4.69, 9.17) is 4.74 Å². The monoisotopic (exact) mass is 481 g/mol. The van der Waals surface area contributed by atoms with E-state index in [1.807, 2.05) is 66.7 Å². The molecule has 1 fully saturated rings. The van der Waals surface area contributed by atoms with E-state index in [9.17, 15) is 9.59 Å². The van der Waals surface area contributed by atoms with Crippen molar-refractivity contribution in [3.63, 3.8) is 0 Å². The first-order chi connectivity index (χ1) is 17.7. The molecule has 8 nitrogen and oxygen atoms in total. The van der Waals surface area contributed by atoms with Crippen LogP contribution < -0.4 is 15.4 Å². The summed E-state index contributed by atoms with van der Waals surface area (Å²) in [5.41, 5.74) is 3.77. The molecule has 2 heterocycles. The van der Waals surface area contributed by atoms with Crippen LogP contribution in [-0.4, -0.2) is 45.8 Å². The van der Waals surface area contributed by atoms with Gasteiger partial charge in [-0.05, 0) is 61.2 Å². The Morgan fingerprint density at radius 3 is 2.53 bits per heavy atom. The Labute approximate surface area is 209 Å². The number of nitrogens with one attached hydrogen (secondary N) is 2. The van der Waals surface area contributed by atoms with Crippen molar-refractivity contribution in [2.24, 2.45) is 0 Å². The van der Waals surface area contributed by atoms with Crippen LogP contribution in [0.5, 0.6) is 5.75 Å². The number of para-hydroxylation sites is 1. The van der Waals surface area contributed by atoms with E-state index in [1.54, 1.807) is 23.3 Å². The average Bonchev–Trinajstić information content (AvgIpc) is 3.62. The van der Waals surface area contributed by atoms with Gasteiger partial charge in [-0.15, -0.1) is 0 Å². The highest BCUT2D eigenvalue weighted by Gasteiger charge is 2.23. The van der Waals surface area contributed by atoms with E-state index in [2.05, 4.69) is 20.7 Å². The van der Waals surface area contributed by atoms with E-state index in [1.165, 1.54) is 0 Å². The predicted molar refractivity (Wildman–Crippen MR) is 136 cm³/mol. The fourth-order valence-corrected chi connectivity index (χ4v) is 3.78. The number of carbonyl (C=O) groups is 2. The Morgan fingerprint density at radius 2 is 1.81 bits per heavy atom. The maximum Gasteiger partial charge on any atom is 0.258 e. The maximum atomic E-state index is 13.1. The summed E-state index contributed by atoms with van der Waals surface area (Å²) in [7, 11) is 0. The van der Waals surface area contributed by atoms with Gasteiger partial charge in [-0.3, -0.25) is 14.6 Å². The second-order valence-corrected chi connectivity index (χ2v) is 8.69. The Morgan fingerprint density at radius 1 is 1.00 bits per heavy atom. The minimum Gasteiger partial charge on any atom is -0.484 e. The lowest BCUT2D eigenvalue weighted by molar-refractivity contribution is -0.123. The van der Waals surface area contributed by atoms with Crippen molar-refractivity contribution in [3.05, 3.63) is 96.4 Å². The highest BCUT2D eigenvalue weighted by molar-refractivity contribution is 5.99. The third-order valence-corrected chi connectivity index (χ3v) is 5.85. The molecule has 2 amide bonds. The fraction of sp³-hybridized carbons (Fsp3) is 0.214. The van der Waals surface area contributed by atoms with Crippen LogP contribution in [0.2, 0.25) is 0 Å². The lowest BCUT2D eigenvalue weighted by Crippen LogP contribution is -2.30. The molecule has 36 heavy (non-hydrogen) atoms. The van der Waals surface area contributed by atoms with Gasteiger partial charge in [0.2, 0.25) is 0 Å². The summed E-state index contributed by atoms with van der Waals surface area (Å²) in [5, 5.41) is 10.6. The molecule has 1 aliphatic rings. The number of amides is 2. The van der Waals surface area contributed by atoms with Crippen LogP contribution in [0.4, 0.5) is 0 Å². The van der Waals surface area contributed by atoms with E-state index < -0.39 is 0 Å². The largest absolute Gasteiger partial charge is 0.484 e. The molecule has 0 saturated heterocycles. The minimum absolute atomic E-state index is 0.0157. The molecule has 2 aromatic carbocycles. The summed E-state index contributed by atoms with van der Waals surface area (Å²) in [6, 6.07) is 21.3. The SMILES string of the molecule is O=C(COc1ccc(CCNC(=O)c2cn(-c3ccccc3)nc2-c2cccnc2)cc1)NC1CC1. The molecule has 0 radical (unpaired) electrons. The van der Waals surface area contributed by atoms with E-state index in [0.717, 1.165) is 29.7 Å². The maximum absolute atomic E-state index is 13.1. The summed E-state index contributed by atoms with van der Waals surface area (Å²) in [6.07, 6.45) is 7.90. The first kappa shape index (κ1) is 23.3. The van der Waals surface area contributed by atoms with Crippen molar-refractivity contribution < 1.29 is 14.3 Å². The molecule has 4 aromatic rings. The van der Waals surface area contributed by atoms with Gasteiger partial charge >= 0.3 is 0 Å². The molecular formula is C28H27N5O3. The van der Waals surface area contributed by atoms with E-state index in [0.29, 0.717) is 36.0 Å². The molecule has 8 heteroatoms. The smallest absolute Gasteiger partial charge is 0.258 e. The summed E-state index contributed by atoms with van der Waals surface area (Å²) < 4.78 is 7.26. The number of hydrogen-bond acceptors (Lipinski definition) is 5. The quantitative estimate of drug-likeness (QED) is 0.361. The summed E-state index contributed by atoms with van der Waals surface area (Å²) in [6.45, 7) is 0.480. The number of aromatic nitrogens is 3. The topological polar surface area (TPSA) is 98.1 Å². The highest BCUT2D eigenvalue weighted by atomic mass is 16.5. The van der Waals surface area contributed by atoms with Crippen LogP contribution in [0.1, 0.15) is 28.8 Å². The van der Waals surface area contributed by atoms with Crippen molar-refractivity contribution in [2.75, 3.05) is 13.2 Å². The molecule has 5 rings (SSSR count). The van der Waals surface area contributed by atoms with Crippen LogP contribution in [0.25, 0.3) is 16.9 Å². The van der Waals surface area contributed by atoms with Crippen molar-refractivity contribution in [3.8, 4) is 22.7 Å². The van der Waals surface area contributed by atoms with Crippen LogP contribution in [0.15, 0.2) is 85.3 Å². The predicted octanol–water partition coefficient (Wildman–Crippen LogP) is 3.56. The normalized spacial score (nSPS) is 12.7. The summed E-state index contributed by atoms with van der Waals surface area (Å²) in [4.78, 5) is 29.1. The zero-order valence-electron chi connectivity index (χ0n) is 19.8. The number of ether oxygens (including phenoxy) is 1. The Kier molecular flexibility index (Phi) is 7.02. The highest BCUT2D eigenvalue weighted by Crippen LogP contribution is 2.23. The fourth-order valence-electron chi connectivity index (χ4n) is 3.78. The van der Waals surface area contributed by atoms with Crippen molar-refractivity contribution in [1.82, 2.24) is 25.4 Å². The molecule has 0 unspecified atom stereocenters. The van der Waals surface area contributed by atoms with E-state index in [-0.39, 0.29) is 18.4 Å². The van der Waals surface area contributed by atoms with Gasteiger partial charge in [-0.2, -0.15) is 5.10 Å². The molecule has 182 valence electrons. The standard InChI is InChI=1S/C28H27N5O3/c34-26(31-22-10-11-22)19-36-24-12-8-20(9-13-24)14-16-30-28(35)25-18-33(23-6-2-1-3-7-23)32-27(25)21-5-4-15-29-17-21/h1-9,12-13,15,17-18,22H,10-11,14,16,19H2,(H,30,35)(H,31,34). The van der Waals surface area contributed by atoms with Crippen LogP contribution >= 0.6 is 0 Å². The number of carbonyl (C=O) groups excluding carboxylic acids is 2. The van der Waals surface area contributed by atoms with Gasteiger partial charge in [0.05, 0.1) is 11.3 Å². The van der Waals surface area contributed by atoms with Crippen LogP contribution in [0, 0.1) is 0 Å². The van der Waals surface area contributed by atoms with Gasteiger partial charge in [-0.1, -0.05) is 30.3 Å². The summed E-state index contributed by atoms with van der Waals surface area (Å²) >= 11 is 0. The Bertz CT molecular complexity index is 1320. The number of rotatable bonds is 10. The summed E-state index contributed by atoms with van der Waals surface area (Å²) in [5.74, 6) is 0.353. The average molecular weight is 482 g/mol. The van der Waals surface area contributed by atoms with Crippen LogP contribution in [0.3, 0.4) is 0 Å². The minimum atomic E-state index is -0.197. The zero-order valence-corrected chi connectivity index (χ0v) is 19.8. The number of pyridine rings is 1. The molecule has 2 aromatic heterocycles. The molecule has 0 spiro atoms. The first-order valence-electron chi connectivity index (χ1n) is 12.0. The van der Waals surface area contributed by atoms with Gasteiger partial charge in [0.25, 0.3) is 11.8 Å². The van der Waals surface area contributed by atoms with Crippen molar-refractivity contribution in [1.29, 1.82) is 0 Å². The van der Waals surface area contributed by atoms with Gasteiger partial charge in [0.1, 0.15) is 11.4 Å². The van der Waals surface area contributed by atoms with Crippen LogP contribution in [-0.2, 0) is 11.2 Å². The molecule has 0 atom stereocenters. The molecule has 2 N–H and O–H groups in total. The second-order valence-electron chi connectivity index (χ2n) is 8.69. The number of nitrogens with zero attached hydrogens (tertiary/aromatic N) is 3. The number of hydrogen-bond donors (Lipinski definition) is 2. The van der Waals surface area contributed by atoms with Gasteiger partial charge in [0.15, 0.2) is 6.61 Å². The van der Waals surface area contributed by atoms with Gasteiger partial charge in [-0.25, -0.2) is 4.68 Å². The second kappa shape index (κ2) is 10.9. The molecule has 0 aliphatic heterocycles. The van der Waals surface area contributed by atoms with Crippen molar-refractivity contribution >= 4 is 11.8 Å². The van der Waals surface area contributed by atoms with Crippen molar-refractivity contribution in [2.45, 2.75) is 25.3 Å².